The van der Waals surface area contributed by atoms with Gasteiger partial charge in [0.05, 0.1) is 13.2 Å². The maximum atomic E-state index is 9.48. The van der Waals surface area contributed by atoms with Gasteiger partial charge in [-0.25, -0.2) is 0 Å². The minimum Gasteiger partial charge on any atom is -0.497 e. The summed E-state index contributed by atoms with van der Waals surface area (Å²) >= 11 is 0. The van der Waals surface area contributed by atoms with E-state index in [9.17, 15) is 5.11 Å². The van der Waals surface area contributed by atoms with Crippen molar-refractivity contribution in [2.45, 2.75) is 32.4 Å². The highest BCUT2D eigenvalue weighted by Gasteiger charge is 2.19. The summed E-state index contributed by atoms with van der Waals surface area (Å²) in [5.74, 6) is 1.65. The van der Waals surface area contributed by atoms with Gasteiger partial charge >= 0.3 is 0 Å². The summed E-state index contributed by atoms with van der Waals surface area (Å²) in [5, 5.41) is 15.6. The lowest BCUT2D eigenvalue weighted by Gasteiger charge is -2.32. The summed E-state index contributed by atoms with van der Waals surface area (Å²) in [5.41, 5.74) is 1.32. The van der Waals surface area contributed by atoms with Crippen molar-refractivity contribution in [2.24, 2.45) is 5.92 Å². The van der Waals surface area contributed by atoms with E-state index in [4.69, 9.17) is 4.74 Å². The molecular formula is C21H30N2O2. The molecule has 0 saturated carbocycles. The van der Waals surface area contributed by atoms with Crippen molar-refractivity contribution in [3.05, 3.63) is 42.0 Å². The topological polar surface area (TPSA) is 44.7 Å². The minimum atomic E-state index is -0.220. The van der Waals surface area contributed by atoms with E-state index in [0.29, 0.717) is 0 Å². The van der Waals surface area contributed by atoms with E-state index in [-0.39, 0.29) is 6.10 Å². The molecule has 3 rings (SSSR count). The van der Waals surface area contributed by atoms with Crippen molar-refractivity contribution < 1.29 is 9.84 Å². The molecule has 1 saturated heterocycles. The summed E-state index contributed by atoms with van der Waals surface area (Å²) in [4.78, 5) is 2.37. The molecule has 1 fully saturated rings. The van der Waals surface area contributed by atoms with Crippen LogP contribution < -0.4 is 10.1 Å². The number of likely N-dealkylation sites (tertiary alicyclic amines) is 1. The van der Waals surface area contributed by atoms with E-state index >= 15 is 0 Å². The number of fused-ring (bicyclic) bond motifs is 1. The van der Waals surface area contributed by atoms with Crippen LogP contribution in [-0.4, -0.2) is 49.4 Å². The zero-order valence-corrected chi connectivity index (χ0v) is 15.4. The van der Waals surface area contributed by atoms with Crippen LogP contribution in [0, 0.1) is 5.92 Å². The largest absolute Gasteiger partial charge is 0.497 e. The molecule has 2 aromatic rings. The van der Waals surface area contributed by atoms with E-state index in [1.807, 2.05) is 13.0 Å². The van der Waals surface area contributed by atoms with Crippen LogP contribution in [0.2, 0.25) is 0 Å². The van der Waals surface area contributed by atoms with Crippen LogP contribution in [-0.2, 0) is 6.54 Å². The summed E-state index contributed by atoms with van der Waals surface area (Å²) < 4.78 is 5.28. The van der Waals surface area contributed by atoms with E-state index in [1.54, 1.807) is 7.11 Å². The second kappa shape index (κ2) is 8.65. The number of methoxy groups -OCH3 is 1. The second-order valence-electron chi connectivity index (χ2n) is 7.27. The smallest absolute Gasteiger partial charge is 0.119 e. The van der Waals surface area contributed by atoms with Crippen molar-refractivity contribution in [2.75, 3.05) is 33.3 Å². The first-order valence-corrected chi connectivity index (χ1v) is 9.32. The zero-order valence-electron chi connectivity index (χ0n) is 15.4. The Labute approximate surface area is 150 Å². The van der Waals surface area contributed by atoms with Crippen molar-refractivity contribution in [3.63, 3.8) is 0 Å². The van der Waals surface area contributed by atoms with Gasteiger partial charge in [0, 0.05) is 13.1 Å². The Morgan fingerprint density at radius 3 is 2.60 bits per heavy atom. The molecule has 1 atom stereocenters. The normalized spacial score (nSPS) is 17.7. The highest BCUT2D eigenvalue weighted by atomic mass is 16.5. The zero-order chi connectivity index (χ0) is 17.6. The fraction of sp³-hybridized carbons (Fsp3) is 0.524. The Morgan fingerprint density at radius 2 is 1.88 bits per heavy atom. The molecule has 0 radical (unpaired) electrons. The molecule has 0 amide bonds. The lowest BCUT2D eigenvalue weighted by molar-refractivity contribution is 0.0998. The highest BCUT2D eigenvalue weighted by molar-refractivity contribution is 5.84. The van der Waals surface area contributed by atoms with E-state index < -0.39 is 0 Å². The molecule has 0 unspecified atom stereocenters. The number of aliphatic hydroxyl groups excluding tert-OH is 1. The maximum Gasteiger partial charge on any atom is 0.119 e. The number of nitrogens with zero attached hydrogens (tertiary/aromatic N) is 1. The third kappa shape index (κ3) is 5.18. The average molecular weight is 342 g/mol. The molecule has 4 nitrogen and oxygen atoms in total. The number of ether oxygens (including phenoxy) is 1. The second-order valence-corrected chi connectivity index (χ2v) is 7.27. The third-order valence-electron chi connectivity index (χ3n) is 5.10. The van der Waals surface area contributed by atoms with Crippen LogP contribution in [0.1, 0.15) is 25.3 Å². The lowest BCUT2D eigenvalue weighted by atomic mass is 9.96. The van der Waals surface area contributed by atoms with Crippen LogP contribution in [0.3, 0.4) is 0 Å². The number of aliphatic hydroxyl groups is 1. The van der Waals surface area contributed by atoms with Gasteiger partial charge in [-0.05, 0) is 79.9 Å². The number of β-amino-alcohol motifs (C(OH)–C–C–N with tert-alkyl or cyclic N) is 1. The van der Waals surface area contributed by atoms with E-state index in [1.165, 1.54) is 29.2 Å². The van der Waals surface area contributed by atoms with Crippen LogP contribution in [0.25, 0.3) is 10.8 Å². The van der Waals surface area contributed by atoms with E-state index in [2.05, 4.69) is 40.5 Å². The van der Waals surface area contributed by atoms with Crippen LogP contribution >= 0.6 is 0 Å². The van der Waals surface area contributed by atoms with Gasteiger partial charge in [0.1, 0.15) is 5.75 Å². The van der Waals surface area contributed by atoms with Crippen LogP contribution in [0.4, 0.5) is 0 Å². The number of benzene rings is 2. The molecular weight excluding hydrogens is 312 g/mol. The van der Waals surface area contributed by atoms with Gasteiger partial charge in [0.25, 0.3) is 0 Å². The summed E-state index contributed by atoms with van der Waals surface area (Å²) in [6.45, 7) is 6.87. The van der Waals surface area contributed by atoms with Gasteiger partial charge in [0.2, 0.25) is 0 Å². The lowest BCUT2D eigenvalue weighted by Crippen LogP contribution is -2.40. The molecule has 2 N–H and O–H groups in total. The van der Waals surface area contributed by atoms with Crippen molar-refractivity contribution >= 4 is 10.8 Å². The third-order valence-corrected chi connectivity index (χ3v) is 5.10. The van der Waals surface area contributed by atoms with Gasteiger partial charge in [-0.3, -0.25) is 0 Å². The molecule has 0 aliphatic carbocycles. The first-order chi connectivity index (χ1) is 12.1. The Bertz CT molecular complexity index is 679. The molecule has 1 heterocycles. The Balaban J connectivity index is 1.45. The first kappa shape index (κ1) is 18.2. The fourth-order valence-corrected chi connectivity index (χ4v) is 3.68. The van der Waals surface area contributed by atoms with Crippen LogP contribution in [0.5, 0.6) is 5.75 Å². The molecule has 0 aromatic heterocycles. The number of hydrogen-bond acceptors (Lipinski definition) is 4. The first-order valence-electron chi connectivity index (χ1n) is 9.32. The quantitative estimate of drug-likeness (QED) is 0.812. The van der Waals surface area contributed by atoms with Gasteiger partial charge < -0.3 is 20.1 Å². The summed E-state index contributed by atoms with van der Waals surface area (Å²) in [7, 11) is 1.70. The standard InChI is InChI=1S/C21H30N2O2/c1-16(24)15-23-9-7-17(8-10-23)13-22-14-18-3-4-20-12-21(25-2)6-5-19(20)11-18/h3-6,11-12,16-17,22,24H,7-10,13-15H2,1-2H3/t16-/m1/s1. The molecule has 1 aliphatic rings. The fourth-order valence-electron chi connectivity index (χ4n) is 3.68. The van der Waals surface area contributed by atoms with Gasteiger partial charge in [0.15, 0.2) is 0 Å². The van der Waals surface area contributed by atoms with Crippen LogP contribution in [0.15, 0.2) is 36.4 Å². The Kier molecular flexibility index (Phi) is 6.29. The number of nitrogens with one attached hydrogen (secondary N) is 1. The summed E-state index contributed by atoms with van der Waals surface area (Å²) in [6, 6.07) is 12.8. The molecule has 4 heteroatoms. The Hall–Kier alpha value is -1.62. The maximum absolute atomic E-state index is 9.48. The molecule has 136 valence electrons. The SMILES string of the molecule is COc1ccc2cc(CNCC3CCN(C[C@@H](C)O)CC3)ccc2c1. The highest BCUT2D eigenvalue weighted by Crippen LogP contribution is 2.22. The number of rotatable bonds is 7. The molecule has 0 spiro atoms. The molecule has 2 aromatic carbocycles. The molecule has 25 heavy (non-hydrogen) atoms. The van der Waals surface area contributed by atoms with Gasteiger partial charge in [-0.2, -0.15) is 0 Å². The summed E-state index contributed by atoms with van der Waals surface area (Å²) in [6.07, 6.45) is 2.22. The van der Waals surface area contributed by atoms with E-state index in [0.717, 1.165) is 44.4 Å². The molecule has 1 aliphatic heterocycles. The minimum absolute atomic E-state index is 0.220. The van der Waals surface area contributed by atoms with Gasteiger partial charge in [-0.1, -0.05) is 18.2 Å². The van der Waals surface area contributed by atoms with Crippen molar-refractivity contribution in [3.8, 4) is 5.75 Å². The predicted octanol–water partition coefficient (Wildman–Crippen LogP) is 3.03. The van der Waals surface area contributed by atoms with Crippen molar-refractivity contribution in [1.82, 2.24) is 10.2 Å². The monoisotopic (exact) mass is 342 g/mol. The van der Waals surface area contributed by atoms with Gasteiger partial charge in [-0.15, -0.1) is 0 Å². The Morgan fingerprint density at radius 1 is 1.16 bits per heavy atom. The number of piperidine rings is 1. The molecule has 0 bridgehead atoms. The van der Waals surface area contributed by atoms with Crippen molar-refractivity contribution in [1.29, 1.82) is 0 Å². The number of hydrogen-bond donors (Lipinski definition) is 2. The predicted molar refractivity (Wildman–Crippen MR) is 103 cm³/mol. The average Bonchev–Trinajstić information content (AvgIpc) is 2.62.